The fourth-order valence-electron chi connectivity index (χ4n) is 2.26. The van der Waals surface area contributed by atoms with Crippen LogP contribution in [-0.2, 0) is 13.0 Å². The van der Waals surface area contributed by atoms with E-state index in [0.717, 1.165) is 25.4 Å². The van der Waals surface area contributed by atoms with E-state index in [-0.39, 0.29) is 0 Å². The molecule has 3 heteroatoms. The summed E-state index contributed by atoms with van der Waals surface area (Å²) < 4.78 is 0. The number of thiazole rings is 1. The molecule has 0 bridgehead atoms. The van der Waals surface area contributed by atoms with Crippen molar-refractivity contribution in [3.8, 4) is 0 Å². The van der Waals surface area contributed by atoms with Crippen LogP contribution in [0.3, 0.4) is 0 Å². The molecular weight excluding hydrogens is 264 g/mol. The SMILES string of the molecule is CC(C)Cc1ccc(CNCC(C)c2nccs2)cc1. The number of hydrogen-bond donors (Lipinski definition) is 1. The molecule has 0 aliphatic carbocycles. The highest BCUT2D eigenvalue weighted by atomic mass is 32.1. The third kappa shape index (κ3) is 4.73. The van der Waals surface area contributed by atoms with Crippen molar-refractivity contribution in [3.63, 3.8) is 0 Å². The monoisotopic (exact) mass is 288 g/mol. The summed E-state index contributed by atoms with van der Waals surface area (Å²) in [5, 5.41) is 6.77. The molecule has 1 aromatic heterocycles. The van der Waals surface area contributed by atoms with E-state index in [1.165, 1.54) is 16.1 Å². The smallest absolute Gasteiger partial charge is 0.0965 e. The van der Waals surface area contributed by atoms with Crippen molar-refractivity contribution in [3.05, 3.63) is 52.0 Å². The first-order chi connectivity index (χ1) is 9.65. The van der Waals surface area contributed by atoms with Crippen molar-refractivity contribution in [1.29, 1.82) is 0 Å². The largest absolute Gasteiger partial charge is 0.312 e. The van der Waals surface area contributed by atoms with E-state index in [2.05, 4.69) is 55.3 Å². The van der Waals surface area contributed by atoms with Gasteiger partial charge in [-0.05, 0) is 23.5 Å². The Hall–Kier alpha value is -1.19. The second kappa shape index (κ2) is 7.55. The summed E-state index contributed by atoms with van der Waals surface area (Å²) in [6, 6.07) is 8.97. The second-order valence-corrected chi connectivity index (χ2v) is 6.74. The van der Waals surface area contributed by atoms with Gasteiger partial charge in [0, 0.05) is 30.6 Å². The van der Waals surface area contributed by atoms with E-state index in [4.69, 9.17) is 0 Å². The van der Waals surface area contributed by atoms with E-state index >= 15 is 0 Å². The topological polar surface area (TPSA) is 24.9 Å². The number of benzene rings is 1. The molecule has 20 heavy (non-hydrogen) atoms. The molecular formula is C17H24N2S. The predicted molar refractivity (Wildman–Crippen MR) is 87.2 cm³/mol. The number of aromatic nitrogens is 1. The van der Waals surface area contributed by atoms with Crippen LogP contribution >= 0.6 is 11.3 Å². The maximum atomic E-state index is 4.36. The minimum absolute atomic E-state index is 0.482. The summed E-state index contributed by atoms with van der Waals surface area (Å²) in [5.74, 6) is 1.20. The van der Waals surface area contributed by atoms with Crippen LogP contribution in [0.4, 0.5) is 0 Å². The minimum Gasteiger partial charge on any atom is -0.312 e. The summed E-state index contributed by atoms with van der Waals surface area (Å²) in [4.78, 5) is 4.36. The molecule has 0 saturated carbocycles. The quantitative estimate of drug-likeness (QED) is 0.824. The summed E-state index contributed by atoms with van der Waals surface area (Å²) in [5.41, 5.74) is 2.78. The number of hydrogen-bond acceptors (Lipinski definition) is 3. The molecule has 1 atom stereocenters. The van der Waals surface area contributed by atoms with E-state index in [1.54, 1.807) is 11.3 Å². The van der Waals surface area contributed by atoms with Gasteiger partial charge in [0.15, 0.2) is 0 Å². The van der Waals surface area contributed by atoms with Crippen molar-refractivity contribution < 1.29 is 0 Å². The minimum atomic E-state index is 0.482. The zero-order chi connectivity index (χ0) is 14.4. The van der Waals surface area contributed by atoms with Gasteiger partial charge >= 0.3 is 0 Å². The molecule has 1 aromatic carbocycles. The third-order valence-electron chi connectivity index (χ3n) is 3.32. The highest BCUT2D eigenvalue weighted by Gasteiger charge is 2.07. The first-order valence-electron chi connectivity index (χ1n) is 7.33. The van der Waals surface area contributed by atoms with Crippen LogP contribution in [0.25, 0.3) is 0 Å². The van der Waals surface area contributed by atoms with E-state index in [9.17, 15) is 0 Å². The van der Waals surface area contributed by atoms with Gasteiger partial charge in [-0.25, -0.2) is 4.98 Å². The standard InChI is InChI=1S/C17H24N2S/c1-13(2)10-15-4-6-16(7-5-15)12-18-11-14(3)17-19-8-9-20-17/h4-9,13-14,18H,10-12H2,1-3H3. The van der Waals surface area contributed by atoms with Gasteiger partial charge in [-0.1, -0.05) is 45.0 Å². The third-order valence-corrected chi connectivity index (χ3v) is 4.33. The van der Waals surface area contributed by atoms with Crippen LogP contribution in [0, 0.1) is 5.92 Å². The molecule has 0 spiro atoms. The van der Waals surface area contributed by atoms with E-state index in [0.29, 0.717) is 5.92 Å². The van der Waals surface area contributed by atoms with Gasteiger partial charge in [0.25, 0.3) is 0 Å². The van der Waals surface area contributed by atoms with Crippen molar-refractivity contribution in [2.24, 2.45) is 5.92 Å². The fraction of sp³-hybridized carbons (Fsp3) is 0.471. The van der Waals surface area contributed by atoms with Crippen LogP contribution in [0.15, 0.2) is 35.8 Å². The molecule has 2 rings (SSSR count). The maximum absolute atomic E-state index is 4.36. The summed E-state index contributed by atoms with van der Waals surface area (Å²) in [7, 11) is 0. The van der Waals surface area contributed by atoms with Crippen molar-refractivity contribution in [2.45, 2.75) is 39.7 Å². The van der Waals surface area contributed by atoms with Gasteiger partial charge in [-0.15, -0.1) is 11.3 Å². The number of nitrogens with zero attached hydrogens (tertiary/aromatic N) is 1. The van der Waals surface area contributed by atoms with Crippen molar-refractivity contribution >= 4 is 11.3 Å². The molecule has 1 heterocycles. The van der Waals surface area contributed by atoms with Gasteiger partial charge in [0.05, 0.1) is 5.01 Å². The predicted octanol–water partition coefficient (Wildman–Crippen LogP) is 4.23. The molecule has 0 saturated heterocycles. The van der Waals surface area contributed by atoms with Gasteiger partial charge < -0.3 is 5.32 Å². The maximum Gasteiger partial charge on any atom is 0.0965 e. The lowest BCUT2D eigenvalue weighted by molar-refractivity contribution is 0.612. The number of rotatable bonds is 7. The summed E-state index contributed by atoms with van der Waals surface area (Å²) in [6.07, 6.45) is 3.04. The van der Waals surface area contributed by atoms with E-state index < -0.39 is 0 Å². The lowest BCUT2D eigenvalue weighted by Gasteiger charge is -2.11. The molecule has 2 aromatic rings. The van der Waals surface area contributed by atoms with E-state index in [1.807, 2.05) is 11.6 Å². The van der Waals surface area contributed by atoms with Gasteiger partial charge in [0.2, 0.25) is 0 Å². The molecule has 0 fully saturated rings. The van der Waals surface area contributed by atoms with Crippen LogP contribution < -0.4 is 5.32 Å². The van der Waals surface area contributed by atoms with Gasteiger partial charge in [0.1, 0.15) is 0 Å². The highest BCUT2D eigenvalue weighted by molar-refractivity contribution is 7.09. The van der Waals surface area contributed by atoms with Gasteiger partial charge in [-0.2, -0.15) is 0 Å². The Morgan fingerprint density at radius 1 is 1.10 bits per heavy atom. The molecule has 0 amide bonds. The average molecular weight is 288 g/mol. The molecule has 1 N–H and O–H groups in total. The van der Waals surface area contributed by atoms with Crippen LogP contribution in [-0.4, -0.2) is 11.5 Å². The van der Waals surface area contributed by atoms with Crippen molar-refractivity contribution in [2.75, 3.05) is 6.54 Å². The second-order valence-electron chi connectivity index (χ2n) is 5.82. The molecule has 0 aliphatic heterocycles. The zero-order valence-electron chi connectivity index (χ0n) is 12.6. The Balaban J connectivity index is 1.76. The zero-order valence-corrected chi connectivity index (χ0v) is 13.4. The van der Waals surface area contributed by atoms with Crippen molar-refractivity contribution in [1.82, 2.24) is 10.3 Å². The fourth-order valence-corrected chi connectivity index (χ4v) is 2.96. The Morgan fingerprint density at radius 2 is 1.80 bits per heavy atom. The molecule has 0 aliphatic rings. The highest BCUT2D eigenvalue weighted by Crippen LogP contribution is 2.16. The molecule has 108 valence electrons. The average Bonchev–Trinajstić information content (AvgIpc) is 2.94. The first-order valence-corrected chi connectivity index (χ1v) is 8.21. The van der Waals surface area contributed by atoms with Crippen LogP contribution in [0.1, 0.15) is 42.8 Å². The van der Waals surface area contributed by atoms with Gasteiger partial charge in [-0.3, -0.25) is 0 Å². The normalized spacial score (nSPS) is 12.8. The molecule has 0 radical (unpaired) electrons. The number of nitrogens with one attached hydrogen (secondary N) is 1. The first kappa shape index (κ1) is 15.2. The Kier molecular flexibility index (Phi) is 5.74. The Bertz CT molecular complexity index is 488. The Morgan fingerprint density at radius 3 is 2.40 bits per heavy atom. The lowest BCUT2D eigenvalue weighted by atomic mass is 10.0. The molecule has 1 unspecified atom stereocenters. The summed E-state index contributed by atoms with van der Waals surface area (Å²) in [6.45, 7) is 8.64. The van der Waals surface area contributed by atoms with Crippen LogP contribution in [0.2, 0.25) is 0 Å². The molecule has 2 nitrogen and oxygen atoms in total. The lowest BCUT2D eigenvalue weighted by Crippen LogP contribution is -2.19. The summed E-state index contributed by atoms with van der Waals surface area (Å²) >= 11 is 1.73. The van der Waals surface area contributed by atoms with Crippen LogP contribution in [0.5, 0.6) is 0 Å². The Labute approximate surface area is 126 Å².